The lowest BCUT2D eigenvalue weighted by molar-refractivity contribution is 0.170. The molecule has 2 N–H and O–H groups in total. The largest absolute Gasteiger partial charge is 0.465 e. The van der Waals surface area contributed by atoms with Gasteiger partial charge in [0.05, 0.1) is 5.54 Å². The second kappa shape index (κ2) is 4.12. The molecule has 0 bridgehead atoms. The first-order chi connectivity index (χ1) is 5.68. The van der Waals surface area contributed by atoms with Gasteiger partial charge < -0.3 is 10.4 Å². The number of hydrogen-bond acceptors (Lipinski definition) is 1. The Bertz CT molecular complexity index is 166. The number of alkyl halides is 1. The van der Waals surface area contributed by atoms with Crippen molar-refractivity contribution in [3.05, 3.63) is 0 Å². The van der Waals surface area contributed by atoms with Crippen LogP contribution in [0.3, 0.4) is 0 Å². The van der Waals surface area contributed by atoms with Crippen LogP contribution < -0.4 is 5.32 Å². The Balaban J connectivity index is 2.53. The normalized spacial score (nSPS) is 21.8. The van der Waals surface area contributed by atoms with Crippen LogP contribution in [0.1, 0.15) is 32.1 Å². The third-order valence-electron chi connectivity index (χ3n) is 2.44. The van der Waals surface area contributed by atoms with E-state index < -0.39 is 6.09 Å². The Hall–Kier alpha value is -0.250. The van der Waals surface area contributed by atoms with Crippen LogP contribution in [0, 0.1) is 0 Å². The van der Waals surface area contributed by atoms with Crippen molar-refractivity contribution in [1.82, 2.24) is 5.32 Å². The molecule has 4 heteroatoms. The molecular formula is C8H14BrNO2. The minimum absolute atomic E-state index is 0.190. The Morgan fingerprint density at radius 1 is 1.42 bits per heavy atom. The molecular weight excluding hydrogens is 222 g/mol. The molecule has 12 heavy (non-hydrogen) atoms. The van der Waals surface area contributed by atoms with Crippen molar-refractivity contribution in [1.29, 1.82) is 0 Å². The predicted molar refractivity (Wildman–Crippen MR) is 50.8 cm³/mol. The van der Waals surface area contributed by atoms with Crippen molar-refractivity contribution < 1.29 is 9.90 Å². The molecule has 0 aromatic carbocycles. The van der Waals surface area contributed by atoms with Gasteiger partial charge in [0.1, 0.15) is 0 Å². The molecule has 1 amide bonds. The zero-order valence-electron chi connectivity index (χ0n) is 6.98. The Labute approximate surface area is 80.7 Å². The lowest BCUT2D eigenvalue weighted by Crippen LogP contribution is -2.50. The van der Waals surface area contributed by atoms with E-state index in [0.717, 1.165) is 31.0 Å². The fraction of sp³-hybridized carbons (Fsp3) is 0.875. The number of amides is 1. The van der Waals surface area contributed by atoms with Gasteiger partial charge in [0, 0.05) is 5.33 Å². The van der Waals surface area contributed by atoms with Crippen molar-refractivity contribution in [2.24, 2.45) is 0 Å². The van der Waals surface area contributed by atoms with E-state index in [4.69, 9.17) is 5.11 Å². The van der Waals surface area contributed by atoms with Gasteiger partial charge >= 0.3 is 6.09 Å². The van der Waals surface area contributed by atoms with Gasteiger partial charge in [-0.15, -0.1) is 0 Å². The summed E-state index contributed by atoms with van der Waals surface area (Å²) in [5, 5.41) is 12.0. The zero-order valence-corrected chi connectivity index (χ0v) is 8.56. The molecule has 0 radical (unpaired) electrons. The summed E-state index contributed by atoms with van der Waals surface area (Å²) in [5.74, 6) is 0. The van der Waals surface area contributed by atoms with E-state index in [1.54, 1.807) is 0 Å². The van der Waals surface area contributed by atoms with Gasteiger partial charge in [-0.2, -0.15) is 0 Å². The molecule has 0 atom stereocenters. The molecule has 1 fully saturated rings. The smallest absolute Gasteiger partial charge is 0.405 e. The van der Waals surface area contributed by atoms with E-state index in [1.165, 1.54) is 6.42 Å². The van der Waals surface area contributed by atoms with E-state index in [9.17, 15) is 4.79 Å². The second-order valence-corrected chi connectivity index (χ2v) is 3.97. The van der Waals surface area contributed by atoms with Crippen LogP contribution in [0.15, 0.2) is 0 Å². The van der Waals surface area contributed by atoms with Crippen LogP contribution in [-0.4, -0.2) is 22.1 Å². The molecule has 0 unspecified atom stereocenters. The highest BCUT2D eigenvalue weighted by atomic mass is 79.9. The van der Waals surface area contributed by atoms with Gasteiger partial charge in [0.15, 0.2) is 0 Å². The van der Waals surface area contributed by atoms with E-state index >= 15 is 0 Å². The molecule has 0 aromatic heterocycles. The minimum Gasteiger partial charge on any atom is -0.465 e. The van der Waals surface area contributed by atoms with Gasteiger partial charge in [0.25, 0.3) is 0 Å². The first-order valence-corrected chi connectivity index (χ1v) is 5.38. The summed E-state index contributed by atoms with van der Waals surface area (Å²) in [7, 11) is 0. The van der Waals surface area contributed by atoms with E-state index in [0.29, 0.717) is 0 Å². The molecule has 1 aliphatic rings. The van der Waals surface area contributed by atoms with Gasteiger partial charge in [-0.05, 0) is 12.8 Å². The first-order valence-electron chi connectivity index (χ1n) is 4.26. The standard InChI is InChI=1S/C8H14BrNO2/c9-6-8(10-7(11)12)4-2-1-3-5-8/h10H,1-6H2,(H,11,12). The van der Waals surface area contributed by atoms with Crippen LogP contribution in [-0.2, 0) is 0 Å². The highest BCUT2D eigenvalue weighted by molar-refractivity contribution is 9.09. The highest BCUT2D eigenvalue weighted by Gasteiger charge is 2.32. The van der Waals surface area contributed by atoms with Gasteiger partial charge in [-0.3, -0.25) is 0 Å². The molecule has 0 saturated heterocycles. The first kappa shape index (κ1) is 9.84. The Morgan fingerprint density at radius 3 is 2.42 bits per heavy atom. The van der Waals surface area contributed by atoms with Crippen molar-refractivity contribution in [2.45, 2.75) is 37.6 Å². The van der Waals surface area contributed by atoms with Gasteiger partial charge in [-0.1, -0.05) is 35.2 Å². The number of carbonyl (C=O) groups is 1. The fourth-order valence-electron chi connectivity index (χ4n) is 1.75. The molecule has 1 aliphatic carbocycles. The van der Waals surface area contributed by atoms with Crippen molar-refractivity contribution in [2.75, 3.05) is 5.33 Å². The van der Waals surface area contributed by atoms with Gasteiger partial charge in [0.2, 0.25) is 0 Å². The highest BCUT2D eigenvalue weighted by Crippen LogP contribution is 2.29. The van der Waals surface area contributed by atoms with Crippen molar-refractivity contribution in [3.63, 3.8) is 0 Å². The molecule has 0 aliphatic heterocycles. The Morgan fingerprint density at radius 2 is 2.00 bits per heavy atom. The maximum atomic E-state index is 10.5. The van der Waals surface area contributed by atoms with E-state index in [-0.39, 0.29) is 5.54 Å². The third kappa shape index (κ3) is 2.37. The quantitative estimate of drug-likeness (QED) is 0.723. The second-order valence-electron chi connectivity index (χ2n) is 3.40. The van der Waals surface area contributed by atoms with Crippen LogP contribution in [0.25, 0.3) is 0 Å². The molecule has 0 heterocycles. The third-order valence-corrected chi connectivity index (χ3v) is 3.51. The molecule has 0 aromatic rings. The average Bonchev–Trinajstić information content (AvgIpc) is 2.05. The molecule has 70 valence electrons. The maximum absolute atomic E-state index is 10.5. The molecule has 1 rings (SSSR count). The van der Waals surface area contributed by atoms with Crippen molar-refractivity contribution in [3.8, 4) is 0 Å². The molecule has 3 nitrogen and oxygen atoms in total. The molecule has 0 spiro atoms. The molecule has 1 saturated carbocycles. The van der Waals surface area contributed by atoms with Crippen LogP contribution >= 0.6 is 15.9 Å². The van der Waals surface area contributed by atoms with Crippen LogP contribution in [0.2, 0.25) is 0 Å². The summed E-state index contributed by atoms with van der Waals surface area (Å²) in [5.41, 5.74) is -0.190. The minimum atomic E-state index is -0.906. The zero-order chi connectivity index (χ0) is 9.03. The number of rotatable bonds is 2. The summed E-state index contributed by atoms with van der Waals surface area (Å²) >= 11 is 3.37. The maximum Gasteiger partial charge on any atom is 0.405 e. The van der Waals surface area contributed by atoms with E-state index in [1.807, 2.05) is 0 Å². The van der Waals surface area contributed by atoms with Crippen molar-refractivity contribution >= 4 is 22.0 Å². The van der Waals surface area contributed by atoms with Crippen LogP contribution in [0.4, 0.5) is 4.79 Å². The summed E-state index contributed by atoms with van der Waals surface area (Å²) in [6.45, 7) is 0. The number of halogens is 1. The average molecular weight is 236 g/mol. The number of hydrogen-bond donors (Lipinski definition) is 2. The summed E-state index contributed by atoms with van der Waals surface area (Å²) in [6, 6.07) is 0. The van der Waals surface area contributed by atoms with Crippen LogP contribution in [0.5, 0.6) is 0 Å². The summed E-state index contributed by atoms with van der Waals surface area (Å²) in [4.78, 5) is 10.5. The topological polar surface area (TPSA) is 49.3 Å². The lowest BCUT2D eigenvalue weighted by Gasteiger charge is -2.35. The van der Waals surface area contributed by atoms with E-state index in [2.05, 4.69) is 21.2 Å². The summed E-state index contributed by atoms with van der Waals surface area (Å²) < 4.78 is 0. The Kier molecular flexibility index (Phi) is 3.38. The monoisotopic (exact) mass is 235 g/mol. The van der Waals surface area contributed by atoms with Gasteiger partial charge in [-0.25, -0.2) is 4.79 Å². The number of carboxylic acid groups (broad SMARTS) is 1. The predicted octanol–water partition coefficient (Wildman–Crippen LogP) is 2.35. The fourth-order valence-corrected chi connectivity index (χ4v) is 2.45. The summed E-state index contributed by atoms with van der Waals surface area (Å²) in [6.07, 6.45) is 4.51. The lowest BCUT2D eigenvalue weighted by atomic mass is 9.83. The number of nitrogens with one attached hydrogen (secondary N) is 1. The SMILES string of the molecule is O=C(O)NC1(CBr)CCCCC1.